The van der Waals surface area contributed by atoms with Gasteiger partial charge in [0, 0.05) is 30.7 Å². The van der Waals surface area contributed by atoms with Crippen molar-refractivity contribution in [2.24, 2.45) is 0 Å². The molecule has 4 heteroatoms. The zero-order valence-electron chi connectivity index (χ0n) is 10.4. The average molecular weight is 255 g/mol. The molecule has 94 valence electrons. The Bertz CT molecular complexity index is 372. The van der Waals surface area contributed by atoms with Gasteiger partial charge in [-0.05, 0) is 26.0 Å². The summed E-state index contributed by atoms with van der Waals surface area (Å²) in [5, 5.41) is 0. The van der Waals surface area contributed by atoms with Crippen molar-refractivity contribution in [2.75, 3.05) is 19.0 Å². The molecule has 0 bridgehead atoms. The van der Waals surface area contributed by atoms with Crippen molar-refractivity contribution in [1.82, 2.24) is 9.88 Å². The lowest BCUT2D eigenvalue weighted by atomic mass is 10.2. The summed E-state index contributed by atoms with van der Waals surface area (Å²) >= 11 is 5.85. The topological polar surface area (TPSA) is 25.4 Å². The fourth-order valence-corrected chi connectivity index (χ4v) is 2.27. The first kappa shape index (κ1) is 12.8. The second-order valence-electron chi connectivity index (χ2n) is 4.66. The predicted molar refractivity (Wildman–Crippen MR) is 69.3 cm³/mol. The van der Waals surface area contributed by atoms with Crippen LogP contribution in [0.5, 0.6) is 0 Å². The Kier molecular flexibility index (Phi) is 4.37. The number of ether oxygens (including phenoxy) is 1. The van der Waals surface area contributed by atoms with E-state index in [9.17, 15) is 0 Å². The Morgan fingerprint density at radius 3 is 3.06 bits per heavy atom. The first-order valence-electron chi connectivity index (χ1n) is 6.03. The first-order valence-corrected chi connectivity index (χ1v) is 6.56. The molecule has 1 fully saturated rings. The van der Waals surface area contributed by atoms with Gasteiger partial charge in [0.1, 0.15) is 0 Å². The van der Waals surface area contributed by atoms with Crippen molar-refractivity contribution < 1.29 is 4.74 Å². The van der Waals surface area contributed by atoms with Gasteiger partial charge in [0.2, 0.25) is 0 Å². The molecule has 1 aliphatic rings. The molecular formula is C13H19ClN2O. The first-order chi connectivity index (χ1) is 8.19. The molecule has 1 aliphatic heterocycles. The van der Waals surface area contributed by atoms with Gasteiger partial charge in [0.15, 0.2) is 0 Å². The van der Waals surface area contributed by atoms with E-state index in [1.54, 1.807) is 0 Å². The van der Waals surface area contributed by atoms with Gasteiger partial charge in [-0.15, -0.1) is 11.6 Å². The molecule has 0 amide bonds. The molecule has 0 saturated carbocycles. The van der Waals surface area contributed by atoms with Crippen LogP contribution in [0.2, 0.25) is 0 Å². The van der Waals surface area contributed by atoms with Crippen LogP contribution in [0, 0.1) is 6.92 Å². The van der Waals surface area contributed by atoms with E-state index in [0.717, 1.165) is 31.1 Å². The van der Waals surface area contributed by atoms with E-state index < -0.39 is 0 Å². The standard InChI is InChI=1S/C13H19ClN2O/c1-10-4-3-5-12(15-10)7-16-8-13(6-14)17-9-11(16)2/h3-5,11,13H,6-9H2,1-2H3. The number of hydrogen-bond acceptors (Lipinski definition) is 3. The molecule has 2 atom stereocenters. The number of nitrogens with zero attached hydrogens (tertiary/aromatic N) is 2. The number of pyridine rings is 1. The second kappa shape index (κ2) is 5.80. The minimum Gasteiger partial charge on any atom is -0.374 e. The fraction of sp³-hybridized carbons (Fsp3) is 0.615. The number of halogens is 1. The van der Waals surface area contributed by atoms with E-state index in [4.69, 9.17) is 16.3 Å². The maximum atomic E-state index is 5.85. The molecule has 2 unspecified atom stereocenters. The molecule has 0 N–H and O–H groups in total. The molecule has 0 aliphatic carbocycles. The van der Waals surface area contributed by atoms with Crippen LogP contribution in [0.25, 0.3) is 0 Å². The zero-order valence-corrected chi connectivity index (χ0v) is 11.2. The predicted octanol–water partition coefficient (Wildman–Crippen LogP) is 2.22. The summed E-state index contributed by atoms with van der Waals surface area (Å²) in [5.41, 5.74) is 2.18. The van der Waals surface area contributed by atoms with Gasteiger partial charge < -0.3 is 4.74 Å². The van der Waals surface area contributed by atoms with Crippen LogP contribution < -0.4 is 0 Å². The molecule has 0 aromatic carbocycles. The Morgan fingerprint density at radius 2 is 2.35 bits per heavy atom. The van der Waals surface area contributed by atoms with Crippen LogP contribution in [0.3, 0.4) is 0 Å². The Labute approximate surface area is 108 Å². The summed E-state index contributed by atoms with van der Waals surface area (Å²) < 4.78 is 5.64. The Hall–Kier alpha value is -0.640. The third-order valence-electron chi connectivity index (χ3n) is 3.12. The van der Waals surface area contributed by atoms with Crippen LogP contribution in [0.15, 0.2) is 18.2 Å². The smallest absolute Gasteiger partial charge is 0.0838 e. The lowest BCUT2D eigenvalue weighted by Gasteiger charge is -2.37. The summed E-state index contributed by atoms with van der Waals surface area (Å²) in [7, 11) is 0. The number of morpholine rings is 1. The lowest BCUT2D eigenvalue weighted by molar-refractivity contribution is -0.0514. The van der Waals surface area contributed by atoms with Gasteiger partial charge in [-0.1, -0.05) is 6.07 Å². The quantitative estimate of drug-likeness (QED) is 0.774. The molecular weight excluding hydrogens is 236 g/mol. The molecule has 2 heterocycles. The number of aryl methyl sites for hydroxylation is 1. The summed E-state index contributed by atoms with van der Waals surface area (Å²) in [6.07, 6.45) is 0.151. The highest BCUT2D eigenvalue weighted by Crippen LogP contribution is 2.15. The molecule has 0 spiro atoms. The zero-order chi connectivity index (χ0) is 12.3. The normalized spacial score (nSPS) is 26.1. The number of aromatic nitrogens is 1. The van der Waals surface area contributed by atoms with E-state index >= 15 is 0 Å². The molecule has 17 heavy (non-hydrogen) atoms. The van der Waals surface area contributed by atoms with Crippen LogP contribution in [0.4, 0.5) is 0 Å². The summed E-state index contributed by atoms with van der Waals surface area (Å²) in [6, 6.07) is 6.58. The van der Waals surface area contributed by atoms with Crippen molar-refractivity contribution in [2.45, 2.75) is 32.5 Å². The second-order valence-corrected chi connectivity index (χ2v) is 4.97. The van der Waals surface area contributed by atoms with Crippen LogP contribution in [0.1, 0.15) is 18.3 Å². The van der Waals surface area contributed by atoms with Crippen LogP contribution >= 0.6 is 11.6 Å². The Morgan fingerprint density at radius 1 is 1.53 bits per heavy atom. The van der Waals surface area contributed by atoms with E-state index in [2.05, 4.69) is 28.9 Å². The van der Waals surface area contributed by atoms with Gasteiger partial charge >= 0.3 is 0 Å². The highest BCUT2D eigenvalue weighted by molar-refractivity contribution is 6.18. The molecule has 2 rings (SSSR count). The van der Waals surface area contributed by atoms with Crippen LogP contribution in [-0.2, 0) is 11.3 Å². The SMILES string of the molecule is Cc1cccc(CN2CC(CCl)OCC2C)n1. The molecule has 1 saturated heterocycles. The highest BCUT2D eigenvalue weighted by atomic mass is 35.5. The number of alkyl halides is 1. The average Bonchev–Trinajstić information content (AvgIpc) is 2.32. The van der Waals surface area contributed by atoms with Gasteiger partial charge in [-0.25, -0.2) is 0 Å². The fourth-order valence-electron chi connectivity index (χ4n) is 2.08. The van der Waals surface area contributed by atoms with Gasteiger partial charge in [0.25, 0.3) is 0 Å². The minimum absolute atomic E-state index is 0.151. The monoisotopic (exact) mass is 254 g/mol. The van der Waals surface area contributed by atoms with E-state index in [1.807, 2.05) is 13.0 Å². The summed E-state index contributed by atoms with van der Waals surface area (Å²) in [5.74, 6) is 0.560. The van der Waals surface area contributed by atoms with Crippen molar-refractivity contribution in [3.63, 3.8) is 0 Å². The molecule has 0 radical (unpaired) electrons. The summed E-state index contributed by atoms with van der Waals surface area (Å²) in [4.78, 5) is 6.92. The highest BCUT2D eigenvalue weighted by Gasteiger charge is 2.25. The summed E-state index contributed by atoms with van der Waals surface area (Å²) in [6.45, 7) is 6.72. The Balaban J connectivity index is 2.01. The van der Waals surface area contributed by atoms with Crippen molar-refractivity contribution in [3.8, 4) is 0 Å². The van der Waals surface area contributed by atoms with Crippen LogP contribution in [-0.4, -0.2) is 41.1 Å². The van der Waals surface area contributed by atoms with E-state index in [-0.39, 0.29) is 6.10 Å². The molecule has 3 nitrogen and oxygen atoms in total. The van der Waals surface area contributed by atoms with E-state index in [0.29, 0.717) is 11.9 Å². The molecule has 1 aromatic heterocycles. The third-order valence-corrected chi connectivity index (χ3v) is 3.46. The molecule has 1 aromatic rings. The third kappa shape index (κ3) is 3.41. The van der Waals surface area contributed by atoms with Crippen molar-refractivity contribution >= 4 is 11.6 Å². The lowest BCUT2D eigenvalue weighted by Crippen LogP contribution is -2.48. The van der Waals surface area contributed by atoms with Crippen molar-refractivity contribution in [1.29, 1.82) is 0 Å². The van der Waals surface area contributed by atoms with Gasteiger partial charge in [-0.3, -0.25) is 9.88 Å². The minimum atomic E-state index is 0.151. The largest absolute Gasteiger partial charge is 0.374 e. The van der Waals surface area contributed by atoms with Gasteiger partial charge in [0.05, 0.1) is 18.4 Å². The van der Waals surface area contributed by atoms with Crippen molar-refractivity contribution in [3.05, 3.63) is 29.6 Å². The van der Waals surface area contributed by atoms with E-state index in [1.165, 1.54) is 0 Å². The van der Waals surface area contributed by atoms with Gasteiger partial charge in [-0.2, -0.15) is 0 Å². The maximum Gasteiger partial charge on any atom is 0.0838 e. The number of hydrogen-bond donors (Lipinski definition) is 0. The maximum absolute atomic E-state index is 5.85. The number of rotatable bonds is 3.